The molecule has 0 aromatic heterocycles. The van der Waals surface area contributed by atoms with E-state index in [0.29, 0.717) is 12.8 Å². The molecule has 0 bridgehead atoms. The number of ether oxygens (including phenoxy) is 2. The molecule has 0 saturated heterocycles. The summed E-state index contributed by atoms with van der Waals surface area (Å²) >= 11 is 0. The fourth-order valence-corrected chi connectivity index (χ4v) is 1.71. The molecule has 0 spiro atoms. The molecule has 15 heavy (non-hydrogen) atoms. The second kappa shape index (κ2) is 7.68. The van der Waals surface area contributed by atoms with Gasteiger partial charge in [0.25, 0.3) is 0 Å². The molecule has 1 saturated carbocycles. The minimum Gasteiger partial charge on any atom is -0.447 e. The molecule has 0 aliphatic heterocycles. The summed E-state index contributed by atoms with van der Waals surface area (Å²) in [6, 6.07) is 0. The first-order valence-electron chi connectivity index (χ1n) is 4.86. The van der Waals surface area contributed by atoms with Gasteiger partial charge in [-0.05, 0) is 25.7 Å². The van der Waals surface area contributed by atoms with Crippen molar-refractivity contribution in [3.8, 4) is 0 Å². The van der Waals surface area contributed by atoms with Crippen LogP contribution in [0.2, 0.25) is 0 Å². The van der Waals surface area contributed by atoms with Gasteiger partial charge in [-0.2, -0.15) is 0 Å². The average molecular weight is 250 g/mol. The standard InChI is InChI=1S/C8H15BF3O2.K/c1-13-7-3-2-4-8(5-7)14-6-9(10,11)12;/h7-8H,2-6H2,1H3;/q-1;+1. The predicted molar refractivity (Wildman–Crippen MR) is 48.1 cm³/mol. The Hall–Kier alpha value is 1.41. The molecule has 0 N–H and O–H groups in total. The summed E-state index contributed by atoms with van der Waals surface area (Å²) in [5, 5.41) is 0. The molecular weight excluding hydrogens is 235 g/mol. The van der Waals surface area contributed by atoms with Gasteiger partial charge in [0.15, 0.2) is 0 Å². The Labute approximate surface area is 131 Å². The molecule has 1 fully saturated rings. The third kappa shape index (κ3) is 7.36. The largest absolute Gasteiger partial charge is 1.00 e. The summed E-state index contributed by atoms with van der Waals surface area (Å²) in [7, 11) is 1.58. The van der Waals surface area contributed by atoms with E-state index < -0.39 is 13.5 Å². The summed E-state index contributed by atoms with van der Waals surface area (Å²) in [5.41, 5.74) is 0. The van der Waals surface area contributed by atoms with Gasteiger partial charge in [0.1, 0.15) is 0 Å². The molecule has 0 heterocycles. The molecule has 0 amide bonds. The number of halogens is 3. The molecule has 2 unspecified atom stereocenters. The molecule has 0 radical (unpaired) electrons. The van der Waals surface area contributed by atoms with E-state index in [1.807, 2.05) is 0 Å². The predicted octanol–water partition coefficient (Wildman–Crippen LogP) is -0.649. The third-order valence-electron chi connectivity index (χ3n) is 2.43. The van der Waals surface area contributed by atoms with Crippen LogP contribution in [0, 0.1) is 0 Å². The molecule has 7 heteroatoms. The third-order valence-corrected chi connectivity index (χ3v) is 2.43. The Bertz CT molecular complexity index is 180. The maximum absolute atomic E-state index is 11.9. The molecule has 1 aliphatic rings. The molecule has 1 rings (SSSR count). The quantitative estimate of drug-likeness (QED) is 0.617. The fraction of sp³-hybridized carbons (Fsp3) is 1.00. The van der Waals surface area contributed by atoms with Crippen LogP contribution in [0.25, 0.3) is 0 Å². The van der Waals surface area contributed by atoms with Crippen LogP contribution in [0.4, 0.5) is 12.9 Å². The van der Waals surface area contributed by atoms with E-state index in [4.69, 9.17) is 9.47 Å². The number of methoxy groups -OCH3 is 1. The van der Waals surface area contributed by atoms with E-state index in [2.05, 4.69) is 0 Å². The van der Waals surface area contributed by atoms with Crippen LogP contribution in [0.1, 0.15) is 25.7 Å². The van der Waals surface area contributed by atoms with Gasteiger partial charge >= 0.3 is 58.4 Å². The Morgan fingerprint density at radius 2 is 1.80 bits per heavy atom. The molecule has 2 nitrogen and oxygen atoms in total. The van der Waals surface area contributed by atoms with E-state index in [9.17, 15) is 12.9 Å². The number of hydrogen-bond donors (Lipinski definition) is 0. The van der Waals surface area contributed by atoms with Gasteiger partial charge in [-0.15, -0.1) is 0 Å². The van der Waals surface area contributed by atoms with Crippen LogP contribution < -0.4 is 51.4 Å². The second-order valence-electron chi connectivity index (χ2n) is 3.69. The Morgan fingerprint density at radius 1 is 1.20 bits per heavy atom. The zero-order valence-electron chi connectivity index (χ0n) is 9.22. The van der Waals surface area contributed by atoms with Gasteiger partial charge in [0.05, 0.1) is 12.2 Å². The second-order valence-corrected chi connectivity index (χ2v) is 3.69. The Kier molecular flexibility index (Phi) is 8.41. The first-order valence-corrected chi connectivity index (χ1v) is 4.86. The van der Waals surface area contributed by atoms with Gasteiger partial charge in [-0.3, -0.25) is 0 Å². The van der Waals surface area contributed by atoms with Crippen molar-refractivity contribution in [1.29, 1.82) is 0 Å². The Balaban J connectivity index is 0.00000196. The van der Waals surface area contributed by atoms with Gasteiger partial charge in [-0.25, -0.2) is 0 Å². The maximum atomic E-state index is 11.9. The van der Waals surface area contributed by atoms with Crippen LogP contribution in [0.3, 0.4) is 0 Å². The summed E-state index contributed by atoms with van der Waals surface area (Å²) in [6.45, 7) is -5.90. The first-order chi connectivity index (χ1) is 6.51. The van der Waals surface area contributed by atoms with E-state index in [0.717, 1.165) is 12.8 Å². The molecule has 1 aliphatic carbocycles. The van der Waals surface area contributed by atoms with E-state index in [-0.39, 0.29) is 63.6 Å². The van der Waals surface area contributed by atoms with Crippen molar-refractivity contribution in [1.82, 2.24) is 0 Å². The molecular formula is C8H15BF3KO2. The normalized spacial score (nSPS) is 27.2. The fourth-order valence-electron chi connectivity index (χ4n) is 1.71. The van der Waals surface area contributed by atoms with Crippen molar-refractivity contribution in [3.05, 3.63) is 0 Å². The maximum Gasteiger partial charge on any atom is 1.00 e. The molecule has 2 atom stereocenters. The zero-order valence-corrected chi connectivity index (χ0v) is 12.3. The molecule has 0 aromatic rings. The van der Waals surface area contributed by atoms with E-state index in [1.54, 1.807) is 7.11 Å². The van der Waals surface area contributed by atoms with Crippen molar-refractivity contribution in [3.63, 3.8) is 0 Å². The summed E-state index contributed by atoms with van der Waals surface area (Å²) in [5.74, 6) is 0. The smallest absolute Gasteiger partial charge is 0.447 e. The zero-order chi connectivity index (χ0) is 10.6. The Morgan fingerprint density at radius 3 is 2.33 bits per heavy atom. The topological polar surface area (TPSA) is 18.5 Å². The van der Waals surface area contributed by atoms with Crippen molar-refractivity contribution < 1.29 is 73.8 Å². The van der Waals surface area contributed by atoms with Crippen LogP contribution in [-0.2, 0) is 9.47 Å². The van der Waals surface area contributed by atoms with Gasteiger partial charge in [0.2, 0.25) is 0 Å². The first kappa shape index (κ1) is 16.4. The van der Waals surface area contributed by atoms with Crippen LogP contribution >= 0.6 is 0 Å². The molecule has 0 aromatic carbocycles. The van der Waals surface area contributed by atoms with Crippen molar-refractivity contribution >= 4 is 6.98 Å². The SMILES string of the molecule is COC1CCCC(OC[B-](F)(F)F)C1.[K+]. The number of rotatable bonds is 4. The van der Waals surface area contributed by atoms with Gasteiger partial charge < -0.3 is 22.4 Å². The monoisotopic (exact) mass is 250 g/mol. The molecule has 84 valence electrons. The van der Waals surface area contributed by atoms with E-state index in [1.165, 1.54) is 0 Å². The van der Waals surface area contributed by atoms with Gasteiger partial charge in [0, 0.05) is 13.6 Å². The minimum atomic E-state index is -4.81. The van der Waals surface area contributed by atoms with Gasteiger partial charge in [-0.1, -0.05) is 0 Å². The summed E-state index contributed by atoms with van der Waals surface area (Å²) < 4.78 is 45.6. The minimum absolute atomic E-state index is 0. The summed E-state index contributed by atoms with van der Waals surface area (Å²) in [6.07, 6.45) is 2.89. The van der Waals surface area contributed by atoms with Crippen LogP contribution in [0.5, 0.6) is 0 Å². The van der Waals surface area contributed by atoms with E-state index >= 15 is 0 Å². The average Bonchev–Trinajstić information content (AvgIpc) is 2.14. The van der Waals surface area contributed by atoms with Crippen molar-refractivity contribution in [2.75, 3.05) is 13.6 Å². The van der Waals surface area contributed by atoms with Crippen molar-refractivity contribution in [2.24, 2.45) is 0 Å². The van der Waals surface area contributed by atoms with Crippen molar-refractivity contribution in [2.45, 2.75) is 37.9 Å². The number of hydrogen-bond acceptors (Lipinski definition) is 2. The van der Waals surface area contributed by atoms with Crippen LogP contribution in [0.15, 0.2) is 0 Å². The summed E-state index contributed by atoms with van der Waals surface area (Å²) in [4.78, 5) is 0. The van der Waals surface area contributed by atoms with Crippen LogP contribution in [-0.4, -0.2) is 32.8 Å².